The molecule has 0 unspecified atom stereocenters. The summed E-state index contributed by atoms with van der Waals surface area (Å²) in [5.74, 6) is -1.51. The van der Waals surface area contributed by atoms with Crippen LogP contribution in [-0.4, -0.2) is 16.1 Å². The Morgan fingerprint density at radius 3 is 3.00 bits per heavy atom. The molecule has 5 heteroatoms. The summed E-state index contributed by atoms with van der Waals surface area (Å²) in [6.07, 6.45) is 0. The number of benzene rings is 1. The zero-order valence-corrected chi connectivity index (χ0v) is 7.08. The van der Waals surface area contributed by atoms with Crippen LogP contribution in [0.25, 0.3) is 11.1 Å². The molecule has 0 amide bonds. The summed E-state index contributed by atoms with van der Waals surface area (Å²) in [7, 11) is 0. The third-order valence-electron chi connectivity index (χ3n) is 1.53. The minimum absolute atomic E-state index is 0.322. The molecule has 2 aromatic rings. The number of nitrogens with zero attached hydrogens (tertiary/aromatic N) is 1. The van der Waals surface area contributed by atoms with Gasteiger partial charge in [0.15, 0.2) is 5.58 Å². The molecule has 66 valence electrons. The summed E-state index contributed by atoms with van der Waals surface area (Å²) in [5, 5.41) is 9.06. The van der Waals surface area contributed by atoms with E-state index in [2.05, 4.69) is 4.98 Å². The maximum absolute atomic E-state index is 10.5. The van der Waals surface area contributed by atoms with E-state index in [1.807, 2.05) is 0 Å². The van der Waals surface area contributed by atoms with E-state index in [0.717, 1.165) is 0 Å². The van der Waals surface area contributed by atoms with E-state index in [0.29, 0.717) is 16.1 Å². The van der Waals surface area contributed by atoms with E-state index in [4.69, 9.17) is 21.1 Å². The summed E-state index contributed by atoms with van der Waals surface area (Å²) in [6.45, 7) is 0. The molecule has 1 heterocycles. The zero-order valence-electron chi connectivity index (χ0n) is 6.32. The number of halogens is 1. The number of hydrogen-bond donors (Lipinski definition) is 1. The Labute approximate surface area is 77.8 Å². The lowest BCUT2D eigenvalue weighted by molar-refractivity contribution is 0.0656. The molecule has 0 spiro atoms. The molecule has 13 heavy (non-hydrogen) atoms. The normalized spacial score (nSPS) is 10.5. The van der Waals surface area contributed by atoms with Crippen molar-refractivity contribution in [2.45, 2.75) is 0 Å². The zero-order chi connectivity index (χ0) is 9.42. The first-order valence-electron chi connectivity index (χ1n) is 3.46. The highest BCUT2D eigenvalue weighted by molar-refractivity contribution is 6.31. The van der Waals surface area contributed by atoms with Crippen molar-refractivity contribution in [2.24, 2.45) is 0 Å². The van der Waals surface area contributed by atoms with Crippen LogP contribution in [0, 0.1) is 0 Å². The van der Waals surface area contributed by atoms with Crippen LogP contribution < -0.4 is 0 Å². The smallest absolute Gasteiger partial charge is 0.392 e. The molecule has 0 aliphatic rings. The van der Waals surface area contributed by atoms with Gasteiger partial charge >= 0.3 is 11.9 Å². The number of carbonyl (C=O) groups is 1. The van der Waals surface area contributed by atoms with Crippen LogP contribution >= 0.6 is 11.6 Å². The van der Waals surface area contributed by atoms with Crippen LogP contribution in [-0.2, 0) is 0 Å². The van der Waals surface area contributed by atoms with Crippen LogP contribution in [0.4, 0.5) is 0 Å². The Bertz CT molecular complexity index is 477. The predicted molar refractivity (Wildman–Crippen MR) is 46.0 cm³/mol. The molecular weight excluding hydrogens is 194 g/mol. The SMILES string of the molecule is O=C(O)c1nc2cc(Cl)ccc2o1. The van der Waals surface area contributed by atoms with E-state index in [-0.39, 0.29) is 5.89 Å². The predicted octanol–water partition coefficient (Wildman–Crippen LogP) is 2.18. The Balaban J connectivity index is 2.68. The first-order valence-corrected chi connectivity index (χ1v) is 3.84. The average Bonchev–Trinajstić information content (AvgIpc) is 2.46. The van der Waals surface area contributed by atoms with E-state index in [9.17, 15) is 4.79 Å². The molecule has 2 rings (SSSR count). The van der Waals surface area contributed by atoms with Crippen molar-refractivity contribution >= 4 is 28.7 Å². The summed E-state index contributed by atoms with van der Waals surface area (Å²) < 4.78 is 4.92. The number of aromatic carboxylic acids is 1. The van der Waals surface area contributed by atoms with Crippen LogP contribution in [0.1, 0.15) is 10.7 Å². The Hall–Kier alpha value is -1.55. The van der Waals surface area contributed by atoms with Gasteiger partial charge < -0.3 is 9.52 Å². The van der Waals surface area contributed by atoms with Gasteiger partial charge in [-0.05, 0) is 18.2 Å². The minimum Gasteiger partial charge on any atom is -0.474 e. The van der Waals surface area contributed by atoms with Crippen molar-refractivity contribution < 1.29 is 14.3 Å². The highest BCUT2D eigenvalue weighted by Crippen LogP contribution is 2.19. The third-order valence-corrected chi connectivity index (χ3v) is 1.77. The van der Waals surface area contributed by atoms with E-state index in [1.165, 1.54) is 0 Å². The topological polar surface area (TPSA) is 63.3 Å². The molecule has 0 bridgehead atoms. The molecule has 0 atom stereocenters. The van der Waals surface area contributed by atoms with Crippen LogP contribution in [0.3, 0.4) is 0 Å². The number of carboxylic acids is 1. The van der Waals surface area contributed by atoms with Gasteiger partial charge in [0.1, 0.15) is 5.52 Å². The van der Waals surface area contributed by atoms with Gasteiger partial charge in [0.25, 0.3) is 0 Å². The highest BCUT2D eigenvalue weighted by Gasteiger charge is 2.11. The average molecular weight is 198 g/mol. The second-order valence-electron chi connectivity index (χ2n) is 2.44. The maximum atomic E-state index is 10.5. The van der Waals surface area contributed by atoms with Gasteiger partial charge in [-0.25, -0.2) is 9.78 Å². The molecule has 0 saturated heterocycles. The largest absolute Gasteiger partial charge is 0.474 e. The molecule has 0 saturated carbocycles. The molecule has 0 fully saturated rings. The summed E-state index contributed by atoms with van der Waals surface area (Å²) >= 11 is 5.68. The van der Waals surface area contributed by atoms with E-state index in [1.54, 1.807) is 18.2 Å². The monoisotopic (exact) mass is 197 g/mol. The molecular formula is C8H4ClNO3. The lowest BCUT2D eigenvalue weighted by Crippen LogP contribution is -1.94. The number of carboxylic acid groups (broad SMARTS) is 1. The molecule has 0 aliphatic heterocycles. The maximum Gasteiger partial charge on any atom is 0.392 e. The van der Waals surface area contributed by atoms with Gasteiger partial charge in [0, 0.05) is 5.02 Å². The van der Waals surface area contributed by atoms with Crippen LogP contribution in [0.15, 0.2) is 22.6 Å². The minimum atomic E-state index is -1.19. The number of aromatic nitrogens is 1. The molecule has 1 N–H and O–H groups in total. The lowest BCUT2D eigenvalue weighted by atomic mass is 10.3. The fraction of sp³-hybridized carbons (Fsp3) is 0. The number of oxazole rings is 1. The van der Waals surface area contributed by atoms with E-state index >= 15 is 0 Å². The van der Waals surface area contributed by atoms with Crippen molar-refractivity contribution in [3.05, 3.63) is 29.1 Å². The summed E-state index contributed by atoms with van der Waals surface area (Å²) in [5.41, 5.74) is 0.867. The summed E-state index contributed by atoms with van der Waals surface area (Å²) in [6, 6.07) is 4.74. The summed E-state index contributed by atoms with van der Waals surface area (Å²) in [4.78, 5) is 14.2. The van der Waals surface area contributed by atoms with Gasteiger partial charge in [-0.15, -0.1) is 0 Å². The number of fused-ring (bicyclic) bond motifs is 1. The standard InChI is InChI=1S/C8H4ClNO3/c9-4-1-2-6-5(3-4)10-7(13-6)8(11)12/h1-3H,(H,11,12). The van der Waals surface area contributed by atoms with Crippen molar-refractivity contribution in [3.63, 3.8) is 0 Å². The Kier molecular flexibility index (Phi) is 1.70. The lowest BCUT2D eigenvalue weighted by Gasteiger charge is -1.85. The fourth-order valence-electron chi connectivity index (χ4n) is 0.992. The Morgan fingerprint density at radius 2 is 2.31 bits per heavy atom. The van der Waals surface area contributed by atoms with Crippen molar-refractivity contribution in [1.29, 1.82) is 0 Å². The highest BCUT2D eigenvalue weighted by atomic mass is 35.5. The third kappa shape index (κ3) is 1.36. The van der Waals surface area contributed by atoms with Gasteiger partial charge in [-0.2, -0.15) is 0 Å². The van der Waals surface area contributed by atoms with E-state index < -0.39 is 5.97 Å². The van der Waals surface area contributed by atoms with Gasteiger partial charge in [-0.1, -0.05) is 11.6 Å². The van der Waals surface area contributed by atoms with Crippen molar-refractivity contribution in [3.8, 4) is 0 Å². The second kappa shape index (κ2) is 2.74. The molecule has 4 nitrogen and oxygen atoms in total. The van der Waals surface area contributed by atoms with Crippen molar-refractivity contribution in [2.75, 3.05) is 0 Å². The second-order valence-corrected chi connectivity index (χ2v) is 2.87. The fourth-order valence-corrected chi connectivity index (χ4v) is 1.16. The van der Waals surface area contributed by atoms with Crippen LogP contribution in [0.2, 0.25) is 5.02 Å². The first kappa shape index (κ1) is 8.07. The first-order chi connectivity index (χ1) is 6.16. The van der Waals surface area contributed by atoms with Gasteiger partial charge in [0.05, 0.1) is 0 Å². The number of rotatable bonds is 1. The molecule has 0 aliphatic carbocycles. The van der Waals surface area contributed by atoms with Gasteiger partial charge in [0.2, 0.25) is 0 Å². The number of hydrogen-bond acceptors (Lipinski definition) is 3. The van der Waals surface area contributed by atoms with Crippen LogP contribution in [0.5, 0.6) is 0 Å². The van der Waals surface area contributed by atoms with Gasteiger partial charge in [-0.3, -0.25) is 0 Å². The molecule has 0 radical (unpaired) electrons. The quantitative estimate of drug-likeness (QED) is 0.761. The molecule has 1 aromatic carbocycles. The Morgan fingerprint density at radius 1 is 1.54 bits per heavy atom. The molecule has 1 aromatic heterocycles. The van der Waals surface area contributed by atoms with Crippen molar-refractivity contribution in [1.82, 2.24) is 4.98 Å².